The zero-order valence-electron chi connectivity index (χ0n) is 18.3. The lowest BCUT2D eigenvalue weighted by Gasteiger charge is -2.62. The molecule has 1 nitrogen and oxygen atoms in total. The topological polar surface area (TPSA) is 20.2 Å². The Labute approximate surface area is 167 Å². The van der Waals surface area contributed by atoms with Crippen LogP contribution in [0.25, 0.3) is 0 Å². The Morgan fingerprint density at radius 3 is 2.37 bits per heavy atom. The van der Waals surface area contributed by atoms with Gasteiger partial charge in [0.2, 0.25) is 0 Å². The first-order valence-corrected chi connectivity index (χ1v) is 12.2. The predicted molar refractivity (Wildman–Crippen MR) is 112 cm³/mol. The van der Waals surface area contributed by atoms with Gasteiger partial charge in [-0.3, -0.25) is 0 Å². The molecule has 5 rings (SSSR count). The summed E-state index contributed by atoms with van der Waals surface area (Å²) in [6.45, 7) is 14.1. The van der Waals surface area contributed by atoms with E-state index in [-0.39, 0.29) is 5.60 Å². The summed E-state index contributed by atoms with van der Waals surface area (Å²) in [7, 11) is 0. The van der Waals surface area contributed by atoms with Crippen LogP contribution in [0.2, 0.25) is 0 Å². The molecule has 0 aliphatic heterocycles. The zero-order valence-corrected chi connectivity index (χ0v) is 18.3. The molecule has 5 aliphatic rings. The number of allylic oxidation sites excluding steroid dienone is 1. The Morgan fingerprint density at radius 1 is 0.963 bits per heavy atom. The van der Waals surface area contributed by atoms with Crippen LogP contribution in [0.1, 0.15) is 91.9 Å². The van der Waals surface area contributed by atoms with E-state index in [1.165, 1.54) is 63.4 Å². The van der Waals surface area contributed by atoms with Gasteiger partial charge in [0.1, 0.15) is 0 Å². The van der Waals surface area contributed by atoms with Crippen molar-refractivity contribution in [3.63, 3.8) is 0 Å². The van der Waals surface area contributed by atoms with Gasteiger partial charge in [-0.1, -0.05) is 39.3 Å². The molecule has 0 spiro atoms. The van der Waals surface area contributed by atoms with Crippen LogP contribution in [-0.2, 0) is 0 Å². The fourth-order valence-corrected chi connectivity index (χ4v) is 10.3. The molecule has 5 fully saturated rings. The maximum Gasteiger partial charge on any atom is 0.0714 e. The molecule has 5 aliphatic carbocycles. The quantitative estimate of drug-likeness (QED) is 0.554. The highest BCUT2D eigenvalue weighted by molar-refractivity contribution is 5.23. The fourth-order valence-electron chi connectivity index (χ4n) is 10.3. The lowest BCUT2D eigenvalue weighted by molar-refractivity contribution is -0.138. The molecule has 27 heavy (non-hydrogen) atoms. The summed E-state index contributed by atoms with van der Waals surface area (Å²) in [6.07, 6.45) is 13.5. The molecule has 1 heteroatoms. The van der Waals surface area contributed by atoms with Gasteiger partial charge in [0.15, 0.2) is 0 Å². The monoisotopic (exact) mass is 370 g/mol. The highest BCUT2D eigenvalue weighted by Gasteiger charge is 2.73. The van der Waals surface area contributed by atoms with Gasteiger partial charge in [0.05, 0.1) is 5.60 Å². The fraction of sp³-hybridized carbons (Fsp3) is 0.923. The number of fused-ring (bicyclic) bond motifs is 7. The molecule has 10 atom stereocenters. The van der Waals surface area contributed by atoms with Crippen molar-refractivity contribution in [2.75, 3.05) is 0 Å². The van der Waals surface area contributed by atoms with E-state index in [4.69, 9.17) is 0 Å². The van der Waals surface area contributed by atoms with Crippen molar-refractivity contribution >= 4 is 0 Å². The lowest BCUT2D eigenvalue weighted by atomic mass is 9.43. The van der Waals surface area contributed by atoms with Crippen molar-refractivity contribution in [3.8, 4) is 0 Å². The van der Waals surface area contributed by atoms with E-state index in [1.54, 1.807) is 0 Å². The van der Waals surface area contributed by atoms with Gasteiger partial charge >= 0.3 is 0 Å². The third-order valence-corrected chi connectivity index (χ3v) is 11.4. The third kappa shape index (κ3) is 2.16. The Kier molecular flexibility index (Phi) is 4.07. The minimum atomic E-state index is -0.271. The minimum Gasteiger partial charge on any atom is -0.389 e. The van der Waals surface area contributed by atoms with Gasteiger partial charge in [0.25, 0.3) is 0 Å². The summed E-state index contributed by atoms with van der Waals surface area (Å²) in [5, 5.41) is 11.2. The molecule has 0 aromatic rings. The highest BCUT2D eigenvalue weighted by Crippen LogP contribution is 2.75. The normalized spacial score (nSPS) is 58.6. The molecular formula is C26H42O. The molecule has 0 heterocycles. The summed E-state index contributed by atoms with van der Waals surface area (Å²) in [5.74, 6) is 5.65. The van der Waals surface area contributed by atoms with Crippen molar-refractivity contribution in [1.82, 2.24) is 0 Å². The maximum atomic E-state index is 11.2. The van der Waals surface area contributed by atoms with Crippen molar-refractivity contribution in [2.24, 2.45) is 52.3 Å². The van der Waals surface area contributed by atoms with Crippen LogP contribution in [0.3, 0.4) is 0 Å². The van der Waals surface area contributed by atoms with E-state index < -0.39 is 0 Å². The van der Waals surface area contributed by atoms with Crippen LogP contribution < -0.4 is 0 Å². The summed E-state index contributed by atoms with van der Waals surface area (Å²) in [6, 6.07) is 0. The van der Waals surface area contributed by atoms with Crippen LogP contribution >= 0.6 is 0 Å². The van der Waals surface area contributed by atoms with Crippen LogP contribution in [0, 0.1) is 52.3 Å². The average molecular weight is 371 g/mol. The zero-order chi connectivity index (χ0) is 19.2. The second kappa shape index (κ2) is 5.87. The smallest absolute Gasteiger partial charge is 0.0714 e. The number of hydrogen-bond donors (Lipinski definition) is 1. The van der Waals surface area contributed by atoms with E-state index in [1.807, 2.05) is 0 Å². The molecule has 1 N–H and O–H groups in total. The van der Waals surface area contributed by atoms with Crippen LogP contribution in [0.5, 0.6) is 0 Å². The Balaban J connectivity index is 1.47. The van der Waals surface area contributed by atoms with E-state index in [2.05, 4.69) is 34.3 Å². The van der Waals surface area contributed by atoms with Gasteiger partial charge in [-0.2, -0.15) is 0 Å². The van der Waals surface area contributed by atoms with Crippen LogP contribution in [-0.4, -0.2) is 10.7 Å². The highest BCUT2D eigenvalue weighted by atomic mass is 16.3. The maximum absolute atomic E-state index is 11.2. The molecule has 0 radical (unpaired) electrons. The van der Waals surface area contributed by atoms with Gasteiger partial charge in [0, 0.05) is 0 Å². The van der Waals surface area contributed by atoms with E-state index in [0.717, 1.165) is 36.0 Å². The number of aliphatic hydroxyl groups is 1. The molecule has 0 amide bonds. The van der Waals surface area contributed by atoms with Crippen molar-refractivity contribution in [2.45, 2.75) is 97.5 Å². The van der Waals surface area contributed by atoms with E-state index in [9.17, 15) is 5.11 Å². The second-order valence-corrected chi connectivity index (χ2v) is 11.7. The Morgan fingerprint density at radius 2 is 1.70 bits per heavy atom. The van der Waals surface area contributed by atoms with Gasteiger partial charge < -0.3 is 5.11 Å². The number of rotatable bonds is 3. The second-order valence-electron chi connectivity index (χ2n) is 11.7. The van der Waals surface area contributed by atoms with Crippen LogP contribution in [0.15, 0.2) is 12.2 Å². The number of hydrogen-bond acceptors (Lipinski definition) is 1. The van der Waals surface area contributed by atoms with Crippen LogP contribution in [0.4, 0.5) is 0 Å². The molecule has 152 valence electrons. The van der Waals surface area contributed by atoms with Crippen molar-refractivity contribution in [3.05, 3.63) is 12.2 Å². The SMILES string of the molecule is C=C(C)[C@H]1CC[C@H]2[C@@H]3CC[C@@H]4C5C(CC)[C@@]5(O)CC[C@]4(CC)[C@H]3CC[C@]12C. The lowest BCUT2D eigenvalue weighted by Crippen LogP contribution is -2.55. The first-order chi connectivity index (χ1) is 12.8. The van der Waals surface area contributed by atoms with E-state index in [0.29, 0.717) is 22.7 Å². The van der Waals surface area contributed by atoms with Gasteiger partial charge in [-0.25, -0.2) is 0 Å². The van der Waals surface area contributed by atoms with E-state index >= 15 is 0 Å². The van der Waals surface area contributed by atoms with Crippen molar-refractivity contribution < 1.29 is 5.11 Å². The molecule has 0 bridgehead atoms. The molecular weight excluding hydrogens is 328 g/mol. The molecule has 0 aromatic carbocycles. The summed E-state index contributed by atoms with van der Waals surface area (Å²) in [4.78, 5) is 0. The molecule has 2 unspecified atom stereocenters. The van der Waals surface area contributed by atoms with Crippen molar-refractivity contribution in [1.29, 1.82) is 0 Å². The molecule has 0 aromatic heterocycles. The summed E-state index contributed by atoms with van der Waals surface area (Å²) < 4.78 is 0. The standard InChI is InChI=1S/C26H42O/c1-6-18-23-22-9-8-17-20-11-10-19(16(3)4)24(20,5)13-12-21(17)25(22,7-2)14-15-26(18,23)27/h17-23,27H,3,6-15H2,1-2,4-5H3/t17-,18?,19+,20-,21-,22+,23?,24+,25+,26-/m0/s1. The first-order valence-electron chi connectivity index (χ1n) is 12.2. The van der Waals surface area contributed by atoms with Gasteiger partial charge in [-0.15, -0.1) is 0 Å². The average Bonchev–Trinajstić information content (AvgIpc) is 3.09. The minimum absolute atomic E-state index is 0.271. The van der Waals surface area contributed by atoms with Gasteiger partial charge in [-0.05, 0) is 117 Å². The Bertz CT molecular complexity index is 638. The third-order valence-electron chi connectivity index (χ3n) is 11.4. The summed E-state index contributed by atoms with van der Waals surface area (Å²) in [5.41, 5.74) is 2.25. The largest absolute Gasteiger partial charge is 0.389 e. The molecule has 0 saturated heterocycles. The summed E-state index contributed by atoms with van der Waals surface area (Å²) >= 11 is 0. The predicted octanol–water partition coefficient (Wildman–Crippen LogP) is 6.61. The molecule has 5 saturated carbocycles. The first kappa shape index (κ1) is 18.7. The Hall–Kier alpha value is -0.300.